The lowest BCUT2D eigenvalue weighted by Crippen LogP contribution is -2.48. The molecule has 0 aromatic heterocycles. The quantitative estimate of drug-likeness (QED) is 0.896. The molecule has 0 heterocycles. The zero-order valence-electron chi connectivity index (χ0n) is 9.20. The van der Waals surface area contributed by atoms with E-state index < -0.39 is 5.60 Å². The largest absolute Gasteiger partial charge is 0.493 e. The van der Waals surface area contributed by atoms with Crippen molar-refractivity contribution in [2.75, 3.05) is 13.2 Å². The third-order valence-corrected chi connectivity index (χ3v) is 4.24. The number of hydrogen-bond donors (Lipinski definition) is 2. The van der Waals surface area contributed by atoms with Crippen LogP contribution in [0.5, 0.6) is 5.75 Å². The second-order valence-corrected chi connectivity index (χ2v) is 5.81. The predicted octanol–water partition coefficient (Wildman–Crippen LogP) is 2.61. The van der Waals surface area contributed by atoms with Crippen molar-refractivity contribution in [1.82, 2.24) is 0 Å². The van der Waals surface area contributed by atoms with E-state index >= 15 is 0 Å². The van der Waals surface area contributed by atoms with Crippen LogP contribution in [0.15, 0.2) is 22.7 Å². The molecule has 0 amide bonds. The van der Waals surface area contributed by atoms with E-state index in [0.717, 1.165) is 10.2 Å². The minimum Gasteiger partial charge on any atom is -0.493 e. The predicted molar refractivity (Wildman–Crippen MR) is 69.4 cm³/mol. The Kier molecular flexibility index (Phi) is 3.98. The molecule has 17 heavy (non-hydrogen) atoms. The van der Waals surface area contributed by atoms with Gasteiger partial charge in [-0.1, -0.05) is 11.6 Å². The maximum atomic E-state index is 9.63. The molecule has 0 spiro atoms. The van der Waals surface area contributed by atoms with Gasteiger partial charge in [0.15, 0.2) is 0 Å². The van der Waals surface area contributed by atoms with Gasteiger partial charge >= 0.3 is 0 Å². The van der Waals surface area contributed by atoms with Gasteiger partial charge in [0.2, 0.25) is 0 Å². The molecule has 5 heteroatoms. The third kappa shape index (κ3) is 3.13. The molecule has 1 aliphatic carbocycles. The Bertz CT molecular complexity index is 405. The van der Waals surface area contributed by atoms with Crippen molar-refractivity contribution in [3.05, 3.63) is 27.7 Å². The van der Waals surface area contributed by atoms with Crippen LogP contribution in [0.4, 0.5) is 0 Å². The number of benzene rings is 1. The minimum absolute atomic E-state index is 0.173. The molecule has 0 saturated heterocycles. The summed E-state index contributed by atoms with van der Waals surface area (Å²) in [7, 11) is 0. The summed E-state index contributed by atoms with van der Waals surface area (Å²) in [4.78, 5) is 0. The Morgan fingerprint density at radius 3 is 2.76 bits per heavy atom. The molecule has 3 nitrogen and oxygen atoms in total. The van der Waals surface area contributed by atoms with E-state index in [9.17, 15) is 5.11 Å². The van der Waals surface area contributed by atoms with Gasteiger partial charge < -0.3 is 14.9 Å². The Morgan fingerprint density at radius 1 is 1.47 bits per heavy atom. The fourth-order valence-electron chi connectivity index (χ4n) is 2.04. The van der Waals surface area contributed by atoms with Crippen LogP contribution in [0, 0.1) is 5.92 Å². The van der Waals surface area contributed by atoms with E-state index in [1.165, 1.54) is 0 Å². The topological polar surface area (TPSA) is 49.7 Å². The summed E-state index contributed by atoms with van der Waals surface area (Å²) in [6.45, 7) is 0.369. The molecule has 1 aromatic rings. The van der Waals surface area contributed by atoms with E-state index in [-0.39, 0.29) is 6.61 Å². The van der Waals surface area contributed by atoms with E-state index in [0.29, 0.717) is 30.4 Å². The summed E-state index contributed by atoms with van der Waals surface area (Å²) >= 11 is 9.25. The van der Waals surface area contributed by atoms with Gasteiger partial charge in [-0.25, -0.2) is 0 Å². The van der Waals surface area contributed by atoms with Crippen LogP contribution in [0.25, 0.3) is 0 Å². The average Bonchev–Trinajstić information content (AvgIpc) is 2.27. The molecule has 0 bridgehead atoms. The lowest BCUT2D eigenvalue weighted by molar-refractivity contribution is -0.115. The van der Waals surface area contributed by atoms with E-state index in [2.05, 4.69) is 15.9 Å². The highest BCUT2D eigenvalue weighted by molar-refractivity contribution is 9.10. The Hall–Kier alpha value is -0.290. The first kappa shape index (κ1) is 13.1. The van der Waals surface area contributed by atoms with E-state index in [4.69, 9.17) is 21.4 Å². The van der Waals surface area contributed by atoms with Gasteiger partial charge in [0.05, 0.1) is 23.8 Å². The minimum atomic E-state index is -0.884. The highest BCUT2D eigenvalue weighted by Gasteiger charge is 2.42. The van der Waals surface area contributed by atoms with Gasteiger partial charge in [0, 0.05) is 4.47 Å². The number of halogens is 2. The normalized spacial score (nSPS) is 27.6. The van der Waals surface area contributed by atoms with Crippen LogP contribution in [0.1, 0.15) is 12.8 Å². The van der Waals surface area contributed by atoms with Gasteiger partial charge in [0.1, 0.15) is 5.75 Å². The molecule has 2 rings (SSSR count). The first-order chi connectivity index (χ1) is 8.02. The summed E-state index contributed by atoms with van der Waals surface area (Å²) < 4.78 is 6.42. The standard InChI is InChI=1S/C12H14BrClO3/c13-10-2-1-9(3-11(10)14)17-6-8-4-12(16,5-8)7-15/h1-3,8,15-16H,4-7H2. The molecule has 0 aliphatic heterocycles. The lowest BCUT2D eigenvalue weighted by atomic mass is 9.72. The molecular formula is C12H14BrClO3. The molecule has 0 radical (unpaired) electrons. The van der Waals surface area contributed by atoms with Crippen molar-refractivity contribution < 1.29 is 14.9 Å². The smallest absolute Gasteiger partial charge is 0.120 e. The average molecular weight is 322 g/mol. The van der Waals surface area contributed by atoms with Crippen molar-refractivity contribution in [2.45, 2.75) is 18.4 Å². The zero-order valence-corrected chi connectivity index (χ0v) is 11.5. The molecule has 1 aromatic carbocycles. The van der Waals surface area contributed by atoms with Gasteiger partial charge in [-0.3, -0.25) is 0 Å². The third-order valence-electron chi connectivity index (χ3n) is 3.01. The zero-order chi connectivity index (χ0) is 12.5. The van der Waals surface area contributed by atoms with Crippen LogP contribution < -0.4 is 4.74 Å². The van der Waals surface area contributed by atoms with Crippen molar-refractivity contribution in [3.8, 4) is 5.75 Å². The second-order valence-electron chi connectivity index (χ2n) is 4.54. The van der Waals surface area contributed by atoms with E-state index in [1.54, 1.807) is 6.07 Å². The van der Waals surface area contributed by atoms with Gasteiger partial charge in [-0.2, -0.15) is 0 Å². The molecular weight excluding hydrogens is 307 g/mol. The Balaban J connectivity index is 1.81. The summed E-state index contributed by atoms with van der Waals surface area (Å²) in [5.74, 6) is 1.02. The first-order valence-corrected chi connectivity index (χ1v) is 6.60. The highest BCUT2D eigenvalue weighted by atomic mass is 79.9. The van der Waals surface area contributed by atoms with Gasteiger partial charge in [0.25, 0.3) is 0 Å². The number of rotatable bonds is 4. The van der Waals surface area contributed by atoms with Gasteiger partial charge in [-0.15, -0.1) is 0 Å². The van der Waals surface area contributed by atoms with Crippen LogP contribution in [0.2, 0.25) is 5.02 Å². The van der Waals surface area contributed by atoms with Crippen molar-refractivity contribution in [2.24, 2.45) is 5.92 Å². The molecule has 0 atom stereocenters. The number of aliphatic hydroxyl groups excluding tert-OH is 1. The van der Waals surface area contributed by atoms with Crippen molar-refractivity contribution >= 4 is 27.5 Å². The number of aliphatic hydroxyl groups is 2. The van der Waals surface area contributed by atoms with Crippen LogP contribution in [0.3, 0.4) is 0 Å². The summed E-state index contributed by atoms with van der Waals surface area (Å²) in [6.07, 6.45) is 1.18. The fraction of sp³-hybridized carbons (Fsp3) is 0.500. The molecule has 94 valence electrons. The molecule has 1 fully saturated rings. The van der Waals surface area contributed by atoms with Crippen molar-refractivity contribution in [3.63, 3.8) is 0 Å². The van der Waals surface area contributed by atoms with Crippen LogP contribution in [-0.4, -0.2) is 29.0 Å². The summed E-state index contributed by atoms with van der Waals surface area (Å²) in [5.41, 5.74) is -0.884. The first-order valence-electron chi connectivity index (χ1n) is 5.43. The summed E-state index contributed by atoms with van der Waals surface area (Å²) in [6, 6.07) is 5.43. The molecule has 0 unspecified atom stereocenters. The Labute approximate surface area is 113 Å². The van der Waals surface area contributed by atoms with Crippen LogP contribution >= 0.6 is 27.5 Å². The molecule has 1 saturated carbocycles. The van der Waals surface area contributed by atoms with E-state index in [1.807, 2.05) is 12.1 Å². The molecule has 2 N–H and O–H groups in total. The second kappa shape index (κ2) is 5.14. The van der Waals surface area contributed by atoms with Crippen molar-refractivity contribution in [1.29, 1.82) is 0 Å². The SMILES string of the molecule is OCC1(O)CC(COc2ccc(Br)c(Cl)c2)C1. The van der Waals surface area contributed by atoms with Gasteiger partial charge in [-0.05, 0) is 52.9 Å². The maximum absolute atomic E-state index is 9.63. The number of ether oxygens (including phenoxy) is 1. The highest BCUT2D eigenvalue weighted by Crippen LogP contribution is 2.37. The summed E-state index contributed by atoms with van der Waals surface area (Å²) in [5, 5.41) is 19.1. The lowest BCUT2D eigenvalue weighted by Gasteiger charge is -2.42. The maximum Gasteiger partial charge on any atom is 0.120 e. The number of hydrogen-bond acceptors (Lipinski definition) is 3. The molecule has 1 aliphatic rings. The monoisotopic (exact) mass is 320 g/mol. The Morgan fingerprint density at radius 2 is 2.18 bits per heavy atom. The van der Waals surface area contributed by atoms with Crippen LogP contribution in [-0.2, 0) is 0 Å². The fourth-order valence-corrected chi connectivity index (χ4v) is 2.46.